The van der Waals surface area contributed by atoms with Gasteiger partial charge in [0, 0.05) is 6.08 Å². The van der Waals surface area contributed by atoms with Crippen molar-refractivity contribution < 1.29 is 19.1 Å². The molecule has 0 spiro atoms. The van der Waals surface area contributed by atoms with E-state index in [1.54, 1.807) is 24.3 Å². The summed E-state index contributed by atoms with van der Waals surface area (Å²) >= 11 is 0. The maximum absolute atomic E-state index is 12.4. The van der Waals surface area contributed by atoms with Crippen LogP contribution in [-0.2, 0) is 9.53 Å². The Balaban J connectivity index is 1.42. The molecule has 2 saturated carbocycles. The fourth-order valence-electron chi connectivity index (χ4n) is 5.07. The lowest BCUT2D eigenvalue weighted by molar-refractivity contribution is -0.128. The minimum atomic E-state index is -0.518. The summed E-state index contributed by atoms with van der Waals surface area (Å²) in [6, 6.07) is 6.47. The molecule has 0 N–H and O–H groups in total. The van der Waals surface area contributed by atoms with Crippen LogP contribution in [0.25, 0.3) is 0 Å². The molecule has 0 unspecified atom stereocenters. The third-order valence-corrected chi connectivity index (χ3v) is 6.72. The van der Waals surface area contributed by atoms with Crippen LogP contribution in [0.2, 0.25) is 0 Å². The van der Waals surface area contributed by atoms with Crippen LogP contribution in [0.1, 0.15) is 81.5 Å². The van der Waals surface area contributed by atoms with Gasteiger partial charge in [0.25, 0.3) is 0 Å². The molecular formula is C25H34O4. The van der Waals surface area contributed by atoms with Crippen molar-refractivity contribution in [2.75, 3.05) is 0 Å². The van der Waals surface area contributed by atoms with Gasteiger partial charge in [0.1, 0.15) is 11.9 Å². The summed E-state index contributed by atoms with van der Waals surface area (Å²) in [5.74, 6) is 2.23. The van der Waals surface area contributed by atoms with Gasteiger partial charge in [0.05, 0.1) is 5.56 Å². The van der Waals surface area contributed by atoms with Crippen LogP contribution in [0.4, 0.5) is 0 Å². The van der Waals surface area contributed by atoms with Gasteiger partial charge in [0.2, 0.25) is 0 Å². The Labute approximate surface area is 174 Å². The Morgan fingerprint density at radius 1 is 0.966 bits per heavy atom. The molecule has 0 aromatic heterocycles. The van der Waals surface area contributed by atoms with Gasteiger partial charge < -0.3 is 9.47 Å². The van der Waals surface area contributed by atoms with Crippen molar-refractivity contribution in [2.45, 2.75) is 77.2 Å². The molecule has 0 heterocycles. The third kappa shape index (κ3) is 6.19. The average Bonchev–Trinajstić information content (AvgIpc) is 2.75. The van der Waals surface area contributed by atoms with E-state index in [1.807, 2.05) is 0 Å². The van der Waals surface area contributed by atoms with Gasteiger partial charge in [-0.15, -0.1) is 0 Å². The fraction of sp³-hybridized carbons (Fsp3) is 0.600. The van der Waals surface area contributed by atoms with E-state index in [2.05, 4.69) is 13.5 Å². The Morgan fingerprint density at radius 3 is 2.10 bits per heavy atom. The third-order valence-electron chi connectivity index (χ3n) is 6.72. The van der Waals surface area contributed by atoms with Gasteiger partial charge in [-0.05, 0) is 80.5 Å². The molecule has 2 aliphatic carbocycles. The topological polar surface area (TPSA) is 52.6 Å². The number of benzene rings is 1. The molecule has 2 aliphatic rings. The minimum Gasteiger partial charge on any atom is -0.459 e. The summed E-state index contributed by atoms with van der Waals surface area (Å²) in [7, 11) is 0. The summed E-state index contributed by atoms with van der Waals surface area (Å²) in [5.41, 5.74) is 0.486. The largest absolute Gasteiger partial charge is 0.459 e. The van der Waals surface area contributed by atoms with E-state index in [0.717, 1.165) is 36.7 Å². The second kappa shape index (κ2) is 10.6. The Bertz CT molecular complexity index is 677. The molecule has 0 bridgehead atoms. The van der Waals surface area contributed by atoms with Crippen LogP contribution in [0.3, 0.4) is 0 Å². The highest BCUT2D eigenvalue weighted by Crippen LogP contribution is 2.41. The summed E-state index contributed by atoms with van der Waals surface area (Å²) in [6.45, 7) is 5.66. The predicted molar refractivity (Wildman–Crippen MR) is 114 cm³/mol. The van der Waals surface area contributed by atoms with Crippen molar-refractivity contribution in [1.29, 1.82) is 0 Å². The van der Waals surface area contributed by atoms with Crippen LogP contribution >= 0.6 is 0 Å². The Morgan fingerprint density at radius 2 is 1.55 bits per heavy atom. The molecular weight excluding hydrogens is 364 g/mol. The smallest absolute Gasteiger partial charge is 0.338 e. The van der Waals surface area contributed by atoms with Gasteiger partial charge in [-0.3, -0.25) is 0 Å². The van der Waals surface area contributed by atoms with E-state index in [-0.39, 0.29) is 12.1 Å². The normalized spacial score (nSPS) is 27.1. The monoisotopic (exact) mass is 398 g/mol. The number of carbonyl (C=O) groups is 2. The molecule has 2 fully saturated rings. The molecule has 0 aliphatic heterocycles. The quantitative estimate of drug-likeness (QED) is 0.316. The van der Waals surface area contributed by atoms with Gasteiger partial charge in [-0.1, -0.05) is 39.2 Å². The first-order valence-electron chi connectivity index (χ1n) is 11.2. The molecule has 3 rings (SSSR count). The number of esters is 2. The molecule has 29 heavy (non-hydrogen) atoms. The maximum Gasteiger partial charge on any atom is 0.338 e. The highest BCUT2D eigenvalue weighted by Gasteiger charge is 2.31. The first-order chi connectivity index (χ1) is 14.1. The molecule has 0 atom stereocenters. The standard InChI is InChI=1S/C25H34O4/c1-3-5-18-6-8-19(9-7-18)20-10-14-23(15-11-20)29-25(27)21-12-16-22(17-13-21)28-24(26)4-2/h4,12-13,16-20,23H,2-3,5-11,14-15H2,1H3. The van der Waals surface area contributed by atoms with E-state index in [1.165, 1.54) is 51.4 Å². The molecule has 158 valence electrons. The van der Waals surface area contributed by atoms with Gasteiger partial charge in [-0.2, -0.15) is 0 Å². The number of rotatable bonds is 7. The van der Waals surface area contributed by atoms with Crippen molar-refractivity contribution in [3.63, 3.8) is 0 Å². The summed E-state index contributed by atoms with van der Waals surface area (Å²) in [4.78, 5) is 23.7. The number of hydrogen-bond acceptors (Lipinski definition) is 4. The lowest BCUT2D eigenvalue weighted by atomic mass is 9.70. The lowest BCUT2D eigenvalue weighted by Gasteiger charge is -2.37. The first-order valence-corrected chi connectivity index (χ1v) is 11.2. The van der Waals surface area contributed by atoms with Gasteiger partial charge in [-0.25, -0.2) is 9.59 Å². The molecule has 4 heteroatoms. The minimum absolute atomic E-state index is 0.0217. The second-order valence-corrected chi connectivity index (χ2v) is 8.66. The lowest BCUT2D eigenvalue weighted by Crippen LogP contribution is -2.29. The van der Waals surface area contributed by atoms with E-state index in [9.17, 15) is 9.59 Å². The molecule has 1 aromatic rings. The van der Waals surface area contributed by atoms with Crippen molar-refractivity contribution in [2.24, 2.45) is 17.8 Å². The fourth-order valence-corrected chi connectivity index (χ4v) is 5.07. The molecule has 0 radical (unpaired) electrons. The van der Waals surface area contributed by atoms with Crippen molar-refractivity contribution in [3.05, 3.63) is 42.5 Å². The SMILES string of the molecule is C=CC(=O)Oc1ccc(C(=O)OC2CCC(C3CCC(CCC)CC3)CC2)cc1. The zero-order valence-electron chi connectivity index (χ0n) is 17.6. The van der Waals surface area contributed by atoms with E-state index in [4.69, 9.17) is 9.47 Å². The van der Waals surface area contributed by atoms with Crippen molar-refractivity contribution in [3.8, 4) is 5.75 Å². The average molecular weight is 399 g/mol. The molecule has 4 nitrogen and oxygen atoms in total. The number of carbonyl (C=O) groups excluding carboxylic acids is 2. The molecule has 0 saturated heterocycles. The zero-order chi connectivity index (χ0) is 20.6. The van der Waals surface area contributed by atoms with Crippen LogP contribution in [0.15, 0.2) is 36.9 Å². The van der Waals surface area contributed by atoms with Gasteiger partial charge in [0.15, 0.2) is 0 Å². The van der Waals surface area contributed by atoms with Gasteiger partial charge >= 0.3 is 11.9 Å². The highest BCUT2D eigenvalue weighted by atomic mass is 16.5. The molecule has 1 aromatic carbocycles. The zero-order valence-corrected chi connectivity index (χ0v) is 17.6. The summed E-state index contributed by atoms with van der Waals surface area (Å²) < 4.78 is 10.8. The highest BCUT2D eigenvalue weighted by molar-refractivity contribution is 5.90. The van der Waals surface area contributed by atoms with Crippen LogP contribution in [0, 0.1) is 17.8 Å². The van der Waals surface area contributed by atoms with Crippen molar-refractivity contribution >= 4 is 11.9 Å². The van der Waals surface area contributed by atoms with Crippen molar-refractivity contribution in [1.82, 2.24) is 0 Å². The Hall–Kier alpha value is -2.10. The van der Waals surface area contributed by atoms with E-state index >= 15 is 0 Å². The van der Waals surface area contributed by atoms with Crippen LogP contribution < -0.4 is 4.74 Å². The van der Waals surface area contributed by atoms with Crippen LogP contribution in [-0.4, -0.2) is 18.0 Å². The molecule has 0 amide bonds. The Kier molecular flexibility index (Phi) is 7.91. The number of ether oxygens (including phenoxy) is 2. The number of hydrogen-bond donors (Lipinski definition) is 0. The first kappa shape index (κ1) is 21.6. The predicted octanol–water partition coefficient (Wildman–Crippen LogP) is 6.10. The summed E-state index contributed by atoms with van der Waals surface area (Å²) in [5, 5.41) is 0. The van der Waals surface area contributed by atoms with Crippen LogP contribution in [0.5, 0.6) is 5.75 Å². The summed E-state index contributed by atoms with van der Waals surface area (Å²) in [6.07, 6.45) is 13.7. The van der Waals surface area contributed by atoms with E-state index < -0.39 is 5.97 Å². The van der Waals surface area contributed by atoms with E-state index in [0.29, 0.717) is 11.3 Å². The maximum atomic E-state index is 12.4. The second-order valence-electron chi connectivity index (χ2n) is 8.66.